The third kappa shape index (κ3) is 3.67. The lowest BCUT2D eigenvalue weighted by atomic mass is 9.92. The van der Waals surface area contributed by atoms with Gasteiger partial charge in [-0.25, -0.2) is 0 Å². The molecule has 21 heavy (non-hydrogen) atoms. The minimum Gasteiger partial charge on any atom is -0.347 e. The molecule has 3 nitrogen and oxygen atoms in total. The summed E-state index contributed by atoms with van der Waals surface area (Å²) in [5, 5.41) is 8.86. The highest BCUT2D eigenvalue weighted by molar-refractivity contribution is 7.10. The molecule has 4 heteroatoms. The molecule has 1 aliphatic carbocycles. The van der Waals surface area contributed by atoms with E-state index in [-0.39, 0.29) is 18.0 Å². The number of thiophene rings is 1. The minimum atomic E-state index is -0.00221. The van der Waals surface area contributed by atoms with Gasteiger partial charge in [-0.3, -0.25) is 4.79 Å². The molecule has 1 aliphatic heterocycles. The maximum atomic E-state index is 12.6. The summed E-state index contributed by atoms with van der Waals surface area (Å²) >= 11 is 1.77. The van der Waals surface area contributed by atoms with Crippen LogP contribution in [0.4, 0.5) is 0 Å². The van der Waals surface area contributed by atoms with Crippen LogP contribution >= 0.6 is 11.3 Å². The molecule has 0 bridgehead atoms. The monoisotopic (exact) mass is 306 g/mol. The van der Waals surface area contributed by atoms with E-state index in [0.717, 1.165) is 13.0 Å². The lowest BCUT2D eigenvalue weighted by Crippen LogP contribution is -2.49. The highest BCUT2D eigenvalue weighted by Gasteiger charge is 2.31. The second kappa shape index (κ2) is 6.93. The summed E-state index contributed by atoms with van der Waals surface area (Å²) in [5.74, 6) is 1.47. The SMILES string of the molecule is CC1CCNC(C(=O)NC(c2cccs2)C2CCCC2)C1. The van der Waals surface area contributed by atoms with E-state index in [9.17, 15) is 4.79 Å². The Labute approximate surface area is 131 Å². The zero-order chi connectivity index (χ0) is 14.7. The van der Waals surface area contributed by atoms with Gasteiger partial charge in [0.1, 0.15) is 0 Å². The van der Waals surface area contributed by atoms with Gasteiger partial charge >= 0.3 is 0 Å². The first-order valence-corrected chi connectivity index (χ1v) is 9.19. The number of nitrogens with one attached hydrogen (secondary N) is 2. The van der Waals surface area contributed by atoms with Crippen molar-refractivity contribution in [3.05, 3.63) is 22.4 Å². The molecular weight excluding hydrogens is 280 g/mol. The van der Waals surface area contributed by atoms with Gasteiger partial charge in [-0.05, 0) is 55.5 Å². The molecule has 2 heterocycles. The third-order valence-corrected chi connectivity index (χ3v) is 5.96. The average molecular weight is 306 g/mol. The summed E-state index contributed by atoms with van der Waals surface area (Å²) in [4.78, 5) is 14.0. The molecule has 1 aromatic heterocycles. The molecule has 1 amide bonds. The van der Waals surface area contributed by atoms with Crippen molar-refractivity contribution in [3.63, 3.8) is 0 Å². The van der Waals surface area contributed by atoms with Crippen LogP contribution in [0.5, 0.6) is 0 Å². The first-order valence-electron chi connectivity index (χ1n) is 8.31. The summed E-state index contributed by atoms with van der Waals surface area (Å²) in [5.41, 5.74) is 0. The molecule has 0 aromatic carbocycles. The molecular formula is C17H26N2OS. The zero-order valence-corrected chi connectivity index (χ0v) is 13.6. The molecule has 2 fully saturated rings. The number of piperidine rings is 1. The fraction of sp³-hybridized carbons (Fsp3) is 0.706. The maximum absolute atomic E-state index is 12.6. The highest BCUT2D eigenvalue weighted by atomic mass is 32.1. The van der Waals surface area contributed by atoms with Gasteiger partial charge < -0.3 is 10.6 Å². The maximum Gasteiger partial charge on any atom is 0.237 e. The summed E-state index contributed by atoms with van der Waals surface area (Å²) in [7, 11) is 0. The zero-order valence-electron chi connectivity index (χ0n) is 12.8. The molecule has 2 N–H and O–H groups in total. The van der Waals surface area contributed by atoms with E-state index < -0.39 is 0 Å². The molecule has 116 valence electrons. The number of carbonyl (C=O) groups is 1. The first-order chi connectivity index (χ1) is 10.2. The van der Waals surface area contributed by atoms with Crippen molar-refractivity contribution >= 4 is 17.2 Å². The summed E-state index contributed by atoms with van der Waals surface area (Å²) < 4.78 is 0. The number of hydrogen-bond acceptors (Lipinski definition) is 3. The van der Waals surface area contributed by atoms with Gasteiger partial charge in [0.25, 0.3) is 0 Å². The number of amides is 1. The van der Waals surface area contributed by atoms with Gasteiger partial charge in [-0.1, -0.05) is 25.8 Å². The molecule has 1 saturated carbocycles. The van der Waals surface area contributed by atoms with E-state index in [1.54, 1.807) is 11.3 Å². The van der Waals surface area contributed by atoms with E-state index >= 15 is 0 Å². The normalized spacial score (nSPS) is 28.4. The van der Waals surface area contributed by atoms with Crippen LogP contribution in [0, 0.1) is 11.8 Å². The lowest BCUT2D eigenvalue weighted by molar-refractivity contribution is -0.125. The molecule has 0 radical (unpaired) electrons. The summed E-state index contributed by atoms with van der Waals surface area (Å²) in [6, 6.07) is 4.48. The van der Waals surface area contributed by atoms with Crippen LogP contribution in [0.25, 0.3) is 0 Å². The average Bonchev–Trinajstić information content (AvgIpc) is 3.18. The topological polar surface area (TPSA) is 41.1 Å². The van der Waals surface area contributed by atoms with E-state index in [0.29, 0.717) is 11.8 Å². The van der Waals surface area contributed by atoms with Crippen molar-refractivity contribution in [3.8, 4) is 0 Å². The molecule has 1 saturated heterocycles. The van der Waals surface area contributed by atoms with Crippen LogP contribution in [-0.4, -0.2) is 18.5 Å². The van der Waals surface area contributed by atoms with Crippen molar-refractivity contribution in [2.45, 2.75) is 57.5 Å². The fourth-order valence-electron chi connectivity index (χ4n) is 3.74. The van der Waals surface area contributed by atoms with E-state index in [1.165, 1.54) is 37.0 Å². The third-order valence-electron chi connectivity index (χ3n) is 5.00. The first kappa shape index (κ1) is 15.0. The van der Waals surface area contributed by atoms with Gasteiger partial charge in [0.15, 0.2) is 0 Å². The number of carbonyl (C=O) groups excluding carboxylic acids is 1. The lowest BCUT2D eigenvalue weighted by Gasteiger charge is -2.30. The second-order valence-corrected chi connectivity index (χ2v) is 7.66. The van der Waals surface area contributed by atoms with Gasteiger partial charge in [0, 0.05) is 4.88 Å². The highest BCUT2D eigenvalue weighted by Crippen LogP contribution is 2.37. The van der Waals surface area contributed by atoms with E-state index in [1.807, 2.05) is 0 Å². The second-order valence-electron chi connectivity index (χ2n) is 6.68. The molecule has 0 spiro atoms. The molecule has 3 unspecified atom stereocenters. The Morgan fingerprint density at radius 2 is 2.19 bits per heavy atom. The van der Waals surface area contributed by atoms with Crippen LogP contribution in [0.3, 0.4) is 0 Å². The Hall–Kier alpha value is -0.870. The van der Waals surface area contributed by atoms with Gasteiger partial charge in [-0.2, -0.15) is 0 Å². The Balaban J connectivity index is 1.67. The molecule has 1 aromatic rings. The van der Waals surface area contributed by atoms with Crippen LogP contribution < -0.4 is 10.6 Å². The van der Waals surface area contributed by atoms with E-state index in [4.69, 9.17) is 0 Å². The predicted octanol–water partition coefficient (Wildman–Crippen LogP) is 3.48. The van der Waals surface area contributed by atoms with Gasteiger partial charge in [0.2, 0.25) is 5.91 Å². The number of rotatable bonds is 4. The van der Waals surface area contributed by atoms with Crippen molar-refractivity contribution < 1.29 is 4.79 Å². The van der Waals surface area contributed by atoms with Crippen molar-refractivity contribution in [2.75, 3.05) is 6.54 Å². The Morgan fingerprint density at radius 1 is 1.38 bits per heavy atom. The predicted molar refractivity (Wildman–Crippen MR) is 87.3 cm³/mol. The van der Waals surface area contributed by atoms with Crippen molar-refractivity contribution in [1.82, 2.24) is 10.6 Å². The quantitative estimate of drug-likeness (QED) is 0.894. The van der Waals surface area contributed by atoms with Gasteiger partial charge in [-0.15, -0.1) is 11.3 Å². The summed E-state index contributed by atoms with van der Waals surface area (Å²) in [6.45, 7) is 3.21. The van der Waals surface area contributed by atoms with Gasteiger partial charge in [0.05, 0.1) is 12.1 Å². The number of hydrogen-bond donors (Lipinski definition) is 2. The summed E-state index contributed by atoms with van der Waals surface area (Å²) in [6.07, 6.45) is 7.26. The Kier molecular flexibility index (Phi) is 4.96. The van der Waals surface area contributed by atoms with Crippen LogP contribution in [0.1, 0.15) is 56.4 Å². The Bertz CT molecular complexity index is 453. The molecule has 2 aliphatic rings. The minimum absolute atomic E-state index is 0.00221. The van der Waals surface area contributed by atoms with Crippen LogP contribution in [0.2, 0.25) is 0 Å². The van der Waals surface area contributed by atoms with Crippen molar-refractivity contribution in [1.29, 1.82) is 0 Å². The molecule has 3 rings (SSSR count). The van der Waals surface area contributed by atoms with Crippen LogP contribution in [-0.2, 0) is 4.79 Å². The standard InChI is InChI=1S/C17H26N2OS/c1-12-8-9-18-14(11-12)17(20)19-16(13-5-2-3-6-13)15-7-4-10-21-15/h4,7,10,12-14,16,18H,2-3,5-6,8-9,11H2,1H3,(H,19,20). The fourth-order valence-corrected chi connectivity index (χ4v) is 4.61. The largest absolute Gasteiger partial charge is 0.347 e. The van der Waals surface area contributed by atoms with E-state index in [2.05, 4.69) is 35.1 Å². The smallest absolute Gasteiger partial charge is 0.237 e. The van der Waals surface area contributed by atoms with Crippen molar-refractivity contribution in [2.24, 2.45) is 11.8 Å². The van der Waals surface area contributed by atoms with Crippen LogP contribution in [0.15, 0.2) is 17.5 Å². The molecule has 3 atom stereocenters. The Morgan fingerprint density at radius 3 is 2.86 bits per heavy atom.